The minimum absolute atomic E-state index is 0.0146. The lowest BCUT2D eigenvalue weighted by molar-refractivity contribution is -0.143. The van der Waals surface area contributed by atoms with Gasteiger partial charge in [-0.05, 0) is 36.8 Å². The molecule has 206 valence electrons. The van der Waals surface area contributed by atoms with Gasteiger partial charge in [0.1, 0.15) is 18.1 Å². The summed E-state index contributed by atoms with van der Waals surface area (Å²) in [5, 5.41) is 15.8. The van der Waals surface area contributed by atoms with Crippen molar-refractivity contribution in [3.05, 3.63) is 36.0 Å². The van der Waals surface area contributed by atoms with E-state index >= 15 is 0 Å². The van der Waals surface area contributed by atoms with Gasteiger partial charge in [-0.1, -0.05) is 32.0 Å². The van der Waals surface area contributed by atoms with E-state index in [0.717, 1.165) is 16.5 Å². The van der Waals surface area contributed by atoms with Crippen LogP contribution in [0.3, 0.4) is 0 Å². The van der Waals surface area contributed by atoms with Crippen molar-refractivity contribution in [1.82, 2.24) is 20.5 Å². The number of benzene rings is 1. The van der Waals surface area contributed by atoms with Crippen molar-refractivity contribution in [1.29, 1.82) is 0 Å². The third kappa shape index (κ3) is 7.09. The molecular formula is C26H36N6O6. The number of fused-ring (bicyclic) bond motifs is 1. The highest BCUT2D eigenvalue weighted by Gasteiger charge is 2.38. The second kappa shape index (κ2) is 12.5. The number of hydrogen-bond donors (Lipinski definition) is 6. The van der Waals surface area contributed by atoms with E-state index in [4.69, 9.17) is 11.5 Å². The second-order valence-corrected chi connectivity index (χ2v) is 10.1. The molecule has 2 heterocycles. The van der Waals surface area contributed by atoms with Gasteiger partial charge in [-0.25, -0.2) is 4.79 Å². The number of aromatic nitrogens is 1. The van der Waals surface area contributed by atoms with E-state index in [9.17, 15) is 29.1 Å². The Morgan fingerprint density at radius 3 is 2.50 bits per heavy atom. The quantitative estimate of drug-likeness (QED) is 0.222. The number of amides is 4. The van der Waals surface area contributed by atoms with Gasteiger partial charge in [-0.2, -0.15) is 0 Å². The zero-order chi connectivity index (χ0) is 28.0. The molecule has 4 amide bonds. The molecule has 12 nitrogen and oxygen atoms in total. The highest BCUT2D eigenvalue weighted by Crippen LogP contribution is 2.22. The van der Waals surface area contributed by atoms with Crippen LogP contribution < -0.4 is 22.1 Å². The highest BCUT2D eigenvalue weighted by molar-refractivity contribution is 5.96. The number of carboxylic acids is 1. The SMILES string of the molecule is CC(C)CC(NC(=O)C(Cc1c[nH]c2ccccc12)NC(=O)C1CCCN1C(=O)C(N)CC(N)=O)C(=O)O. The number of carbonyl (C=O) groups excluding carboxylic acids is 4. The van der Waals surface area contributed by atoms with E-state index in [1.54, 1.807) is 6.20 Å². The number of nitrogens with two attached hydrogens (primary N) is 2. The zero-order valence-electron chi connectivity index (χ0n) is 21.6. The number of nitrogens with zero attached hydrogens (tertiary/aromatic N) is 1. The molecule has 1 aliphatic heterocycles. The number of carboxylic acid groups (broad SMARTS) is 1. The number of aliphatic carboxylic acids is 1. The third-order valence-corrected chi connectivity index (χ3v) is 6.63. The van der Waals surface area contributed by atoms with Crippen LogP contribution in [0.4, 0.5) is 0 Å². The Labute approximate surface area is 220 Å². The summed E-state index contributed by atoms with van der Waals surface area (Å²) in [6.45, 7) is 3.97. The molecule has 0 radical (unpaired) electrons. The minimum atomic E-state index is -1.17. The standard InChI is InChI=1S/C26H36N6O6/c1-14(2)10-20(26(37)38)31-23(34)19(11-15-13-29-18-7-4-3-6-16(15)18)30-24(35)21-8-5-9-32(21)25(36)17(27)12-22(28)33/h3-4,6-7,13-14,17,19-21,29H,5,8-12,27H2,1-2H3,(H2,28,33)(H,30,35)(H,31,34)(H,37,38). The smallest absolute Gasteiger partial charge is 0.326 e. The van der Waals surface area contributed by atoms with Crippen molar-refractivity contribution < 1.29 is 29.1 Å². The average molecular weight is 529 g/mol. The van der Waals surface area contributed by atoms with Crippen LogP contribution in [0.25, 0.3) is 10.9 Å². The predicted molar refractivity (Wildman–Crippen MR) is 139 cm³/mol. The van der Waals surface area contributed by atoms with Crippen molar-refractivity contribution in [2.75, 3.05) is 6.54 Å². The fourth-order valence-corrected chi connectivity index (χ4v) is 4.78. The van der Waals surface area contributed by atoms with Crippen molar-refractivity contribution >= 4 is 40.5 Å². The largest absolute Gasteiger partial charge is 0.480 e. The van der Waals surface area contributed by atoms with E-state index in [-0.39, 0.29) is 31.7 Å². The number of carbonyl (C=O) groups is 5. The number of aromatic amines is 1. The lowest BCUT2D eigenvalue weighted by Crippen LogP contribution is -2.57. The zero-order valence-corrected chi connectivity index (χ0v) is 21.6. The number of para-hydroxylation sites is 1. The molecule has 1 aromatic heterocycles. The normalized spacial score (nSPS) is 17.7. The lowest BCUT2D eigenvalue weighted by atomic mass is 10.0. The number of rotatable bonds is 12. The van der Waals surface area contributed by atoms with Crippen LogP contribution in [-0.2, 0) is 30.4 Å². The van der Waals surface area contributed by atoms with Crippen molar-refractivity contribution in [3.63, 3.8) is 0 Å². The summed E-state index contributed by atoms with van der Waals surface area (Å²) in [5.41, 5.74) is 12.6. The molecule has 0 bridgehead atoms. The molecule has 38 heavy (non-hydrogen) atoms. The first-order valence-electron chi connectivity index (χ1n) is 12.7. The molecule has 8 N–H and O–H groups in total. The molecule has 2 aromatic rings. The second-order valence-electron chi connectivity index (χ2n) is 10.1. The maximum Gasteiger partial charge on any atom is 0.326 e. The van der Waals surface area contributed by atoms with Crippen molar-refractivity contribution in [2.24, 2.45) is 17.4 Å². The molecule has 1 fully saturated rings. The summed E-state index contributed by atoms with van der Waals surface area (Å²) in [6.07, 6.45) is 2.61. The fourth-order valence-electron chi connectivity index (χ4n) is 4.78. The number of nitrogens with one attached hydrogen (secondary N) is 3. The summed E-state index contributed by atoms with van der Waals surface area (Å²) in [7, 11) is 0. The predicted octanol–water partition coefficient (Wildman–Crippen LogP) is 0.00440. The molecule has 4 unspecified atom stereocenters. The van der Waals surface area contributed by atoms with Gasteiger partial charge in [-0.15, -0.1) is 0 Å². The molecule has 0 aliphatic carbocycles. The maximum atomic E-state index is 13.4. The van der Waals surface area contributed by atoms with Crippen LogP contribution in [0.2, 0.25) is 0 Å². The van der Waals surface area contributed by atoms with E-state index in [0.29, 0.717) is 12.8 Å². The number of likely N-dealkylation sites (tertiary alicyclic amines) is 1. The summed E-state index contributed by atoms with van der Waals surface area (Å²) in [5.74, 6) is -3.64. The Morgan fingerprint density at radius 2 is 1.84 bits per heavy atom. The summed E-state index contributed by atoms with van der Waals surface area (Å²) < 4.78 is 0. The monoisotopic (exact) mass is 528 g/mol. The number of hydrogen-bond acceptors (Lipinski definition) is 6. The van der Waals surface area contributed by atoms with E-state index < -0.39 is 53.8 Å². The Balaban J connectivity index is 1.83. The Kier molecular flexibility index (Phi) is 9.45. The van der Waals surface area contributed by atoms with Gasteiger partial charge < -0.3 is 37.1 Å². The van der Waals surface area contributed by atoms with Gasteiger partial charge in [0.25, 0.3) is 0 Å². The summed E-state index contributed by atoms with van der Waals surface area (Å²) in [6, 6.07) is 3.21. The van der Waals surface area contributed by atoms with Gasteiger partial charge in [0.05, 0.1) is 12.5 Å². The van der Waals surface area contributed by atoms with Crippen LogP contribution >= 0.6 is 0 Å². The molecular weight excluding hydrogens is 492 g/mol. The summed E-state index contributed by atoms with van der Waals surface area (Å²) >= 11 is 0. The van der Waals surface area contributed by atoms with Crippen LogP contribution in [0.1, 0.15) is 45.1 Å². The Morgan fingerprint density at radius 1 is 1.13 bits per heavy atom. The van der Waals surface area contributed by atoms with Crippen molar-refractivity contribution in [2.45, 2.75) is 70.1 Å². The average Bonchev–Trinajstić information content (AvgIpc) is 3.49. The number of primary amides is 1. The van der Waals surface area contributed by atoms with Gasteiger partial charge in [0.2, 0.25) is 23.6 Å². The van der Waals surface area contributed by atoms with Crippen LogP contribution in [-0.4, -0.2) is 75.3 Å². The molecule has 4 atom stereocenters. The molecule has 0 spiro atoms. The first-order chi connectivity index (χ1) is 18.0. The first-order valence-corrected chi connectivity index (χ1v) is 12.7. The van der Waals surface area contributed by atoms with E-state index in [1.165, 1.54) is 4.90 Å². The van der Waals surface area contributed by atoms with Crippen LogP contribution in [0, 0.1) is 5.92 Å². The number of H-pyrrole nitrogens is 1. The Hall–Kier alpha value is -3.93. The Bertz CT molecular complexity index is 1190. The summed E-state index contributed by atoms with van der Waals surface area (Å²) in [4.78, 5) is 67.0. The third-order valence-electron chi connectivity index (χ3n) is 6.63. The molecule has 0 saturated carbocycles. The van der Waals surface area contributed by atoms with Gasteiger partial charge in [0.15, 0.2) is 0 Å². The molecule has 3 rings (SSSR count). The van der Waals surface area contributed by atoms with E-state index in [1.807, 2.05) is 38.1 Å². The van der Waals surface area contributed by atoms with Crippen LogP contribution in [0.15, 0.2) is 30.5 Å². The molecule has 1 saturated heterocycles. The highest BCUT2D eigenvalue weighted by atomic mass is 16.4. The fraction of sp³-hybridized carbons (Fsp3) is 0.500. The minimum Gasteiger partial charge on any atom is -0.480 e. The molecule has 12 heteroatoms. The molecule has 1 aliphatic rings. The first kappa shape index (κ1) is 28.6. The van der Waals surface area contributed by atoms with Crippen molar-refractivity contribution in [3.8, 4) is 0 Å². The van der Waals surface area contributed by atoms with E-state index in [2.05, 4.69) is 15.6 Å². The van der Waals surface area contributed by atoms with Gasteiger partial charge in [0, 0.05) is 30.1 Å². The lowest BCUT2D eigenvalue weighted by Gasteiger charge is -2.28. The molecule has 1 aromatic carbocycles. The van der Waals surface area contributed by atoms with Gasteiger partial charge >= 0.3 is 5.97 Å². The van der Waals surface area contributed by atoms with Gasteiger partial charge in [-0.3, -0.25) is 19.2 Å². The van der Waals surface area contributed by atoms with Crippen LogP contribution in [0.5, 0.6) is 0 Å². The maximum absolute atomic E-state index is 13.4. The topological polar surface area (TPSA) is 201 Å².